The van der Waals surface area contributed by atoms with Crippen LogP contribution in [-0.2, 0) is 9.53 Å². The first-order chi connectivity index (χ1) is 11.0. The van der Waals surface area contributed by atoms with Crippen molar-refractivity contribution in [1.82, 2.24) is 4.98 Å². The summed E-state index contributed by atoms with van der Waals surface area (Å²) >= 11 is 0. The Morgan fingerprint density at radius 1 is 1.13 bits per heavy atom. The number of hydrogen-bond acceptors (Lipinski definition) is 4. The molecule has 120 valence electrons. The fourth-order valence-electron chi connectivity index (χ4n) is 1.78. The molecular formula is C17H18N2O4. The molecular weight excluding hydrogens is 296 g/mol. The number of esters is 1. The first-order valence-electron chi connectivity index (χ1n) is 7.22. The van der Waals surface area contributed by atoms with Gasteiger partial charge < -0.3 is 15.0 Å². The van der Waals surface area contributed by atoms with E-state index in [1.54, 1.807) is 56.4 Å². The summed E-state index contributed by atoms with van der Waals surface area (Å²) in [5.74, 6) is -1.11. The Morgan fingerprint density at radius 3 is 2.39 bits per heavy atom. The van der Waals surface area contributed by atoms with Crippen LogP contribution < -0.4 is 5.32 Å². The van der Waals surface area contributed by atoms with Crippen LogP contribution in [0.25, 0.3) is 0 Å². The van der Waals surface area contributed by atoms with Gasteiger partial charge in [-0.25, -0.2) is 4.79 Å². The number of H-pyrrole nitrogens is 1. The lowest BCUT2D eigenvalue weighted by Gasteiger charge is -2.08. The Hall–Kier alpha value is -2.89. The number of benzene rings is 1. The summed E-state index contributed by atoms with van der Waals surface area (Å²) in [5.41, 5.74) is 1.32. The Kier molecular flexibility index (Phi) is 5.30. The first kappa shape index (κ1) is 16.5. The van der Waals surface area contributed by atoms with Crippen LogP contribution in [0.15, 0.2) is 42.6 Å². The van der Waals surface area contributed by atoms with Crippen molar-refractivity contribution in [2.75, 3.05) is 11.9 Å². The second-order valence-corrected chi connectivity index (χ2v) is 5.30. The monoisotopic (exact) mass is 314 g/mol. The molecule has 1 aromatic carbocycles. The van der Waals surface area contributed by atoms with Crippen molar-refractivity contribution < 1.29 is 19.1 Å². The van der Waals surface area contributed by atoms with Gasteiger partial charge in [-0.2, -0.15) is 0 Å². The molecule has 1 aromatic heterocycles. The minimum Gasteiger partial charge on any atom is -0.453 e. The Balaban J connectivity index is 1.90. The molecule has 6 nitrogen and oxygen atoms in total. The zero-order valence-electron chi connectivity index (χ0n) is 13.0. The molecule has 0 spiro atoms. The lowest BCUT2D eigenvalue weighted by Crippen LogP contribution is -2.18. The molecule has 23 heavy (non-hydrogen) atoms. The van der Waals surface area contributed by atoms with Crippen molar-refractivity contribution in [2.24, 2.45) is 5.92 Å². The molecule has 2 rings (SSSR count). The fraction of sp³-hybridized carbons (Fsp3) is 0.235. The van der Waals surface area contributed by atoms with E-state index in [1.807, 2.05) is 0 Å². The number of aromatic nitrogens is 1. The molecule has 0 saturated heterocycles. The molecule has 6 heteroatoms. The normalized spacial score (nSPS) is 10.4. The summed E-state index contributed by atoms with van der Waals surface area (Å²) in [4.78, 5) is 37.9. The second-order valence-electron chi connectivity index (χ2n) is 5.30. The standard InChI is InChI=1S/C17H18N2O4/c1-11(2)16(21)19-13-7-5-12(6-8-13)15(20)10-23-17(22)14-4-3-9-18-14/h3-9,11,18H,10H2,1-2H3,(H,19,21). The highest BCUT2D eigenvalue weighted by atomic mass is 16.5. The maximum atomic E-state index is 12.0. The van der Waals surface area contributed by atoms with E-state index in [9.17, 15) is 14.4 Å². The summed E-state index contributed by atoms with van der Waals surface area (Å²) in [5, 5.41) is 2.74. The fourth-order valence-corrected chi connectivity index (χ4v) is 1.78. The van der Waals surface area contributed by atoms with E-state index in [0.717, 1.165) is 0 Å². The van der Waals surface area contributed by atoms with Crippen molar-refractivity contribution in [1.29, 1.82) is 0 Å². The molecule has 2 N–H and O–H groups in total. The predicted molar refractivity (Wildman–Crippen MR) is 85.3 cm³/mol. The van der Waals surface area contributed by atoms with Gasteiger partial charge in [0.1, 0.15) is 5.69 Å². The molecule has 0 saturated carbocycles. The number of carbonyl (C=O) groups excluding carboxylic acids is 3. The Labute approximate surface area is 133 Å². The van der Waals surface area contributed by atoms with Gasteiger partial charge in [0.05, 0.1) is 0 Å². The molecule has 0 atom stereocenters. The molecule has 0 unspecified atom stereocenters. The minimum atomic E-state index is -0.579. The van der Waals surface area contributed by atoms with Crippen LogP contribution in [0.2, 0.25) is 0 Å². The maximum Gasteiger partial charge on any atom is 0.355 e. The van der Waals surface area contributed by atoms with Crippen LogP contribution in [0.3, 0.4) is 0 Å². The largest absolute Gasteiger partial charge is 0.453 e. The van der Waals surface area contributed by atoms with Gasteiger partial charge in [0, 0.05) is 23.4 Å². The van der Waals surface area contributed by atoms with Crippen LogP contribution in [0.5, 0.6) is 0 Å². The average Bonchev–Trinajstić information content (AvgIpc) is 3.07. The Bertz CT molecular complexity index is 688. The number of Topliss-reactive ketones (excluding diaryl/α,β-unsaturated/α-hetero) is 1. The smallest absolute Gasteiger partial charge is 0.355 e. The van der Waals surface area contributed by atoms with Crippen LogP contribution in [-0.4, -0.2) is 29.3 Å². The van der Waals surface area contributed by atoms with E-state index in [2.05, 4.69) is 10.3 Å². The summed E-state index contributed by atoms with van der Waals surface area (Å²) < 4.78 is 4.94. The molecule has 1 amide bonds. The molecule has 0 bridgehead atoms. The summed E-state index contributed by atoms with van der Waals surface area (Å²) in [6, 6.07) is 9.68. The molecule has 2 aromatic rings. The second kappa shape index (κ2) is 7.40. The number of ether oxygens (including phenoxy) is 1. The summed E-state index contributed by atoms with van der Waals surface area (Å²) in [7, 11) is 0. The van der Waals surface area contributed by atoms with Gasteiger partial charge in [0.25, 0.3) is 0 Å². The Morgan fingerprint density at radius 2 is 1.83 bits per heavy atom. The van der Waals surface area contributed by atoms with E-state index in [4.69, 9.17) is 4.74 Å². The molecule has 0 aliphatic heterocycles. The summed E-state index contributed by atoms with van der Waals surface area (Å²) in [6.45, 7) is 3.26. The number of amides is 1. The SMILES string of the molecule is CC(C)C(=O)Nc1ccc(C(=O)COC(=O)c2ccc[nH]2)cc1. The van der Waals surface area contributed by atoms with Gasteiger partial charge >= 0.3 is 5.97 Å². The van der Waals surface area contributed by atoms with Gasteiger partial charge in [-0.3, -0.25) is 9.59 Å². The minimum absolute atomic E-state index is 0.0936. The van der Waals surface area contributed by atoms with Crippen molar-refractivity contribution in [2.45, 2.75) is 13.8 Å². The van der Waals surface area contributed by atoms with Crippen molar-refractivity contribution in [3.05, 3.63) is 53.9 Å². The first-order valence-corrected chi connectivity index (χ1v) is 7.22. The van der Waals surface area contributed by atoms with Gasteiger partial charge in [-0.05, 0) is 36.4 Å². The quantitative estimate of drug-likeness (QED) is 0.634. The lowest BCUT2D eigenvalue weighted by atomic mass is 10.1. The highest BCUT2D eigenvalue weighted by Gasteiger charge is 2.13. The lowest BCUT2D eigenvalue weighted by molar-refractivity contribution is -0.118. The summed E-state index contributed by atoms with van der Waals surface area (Å²) in [6.07, 6.45) is 1.60. The number of ketones is 1. The molecule has 0 radical (unpaired) electrons. The van der Waals surface area contributed by atoms with Crippen LogP contribution in [0.1, 0.15) is 34.7 Å². The van der Waals surface area contributed by atoms with Crippen LogP contribution >= 0.6 is 0 Å². The molecule has 0 aliphatic carbocycles. The number of aromatic amines is 1. The maximum absolute atomic E-state index is 12.0. The third kappa shape index (κ3) is 4.54. The van der Waals surface area contributed by atoms with Crippen molar-refractivity contribution >= 4 is 23.3 Å². The van der Waals surface area contributed by atoms with Crippen LogP contribution in [0, 0.1) is 5.92 Å². The molecule has 1 heterocycles. The predicted octanol–water partition coefficient (Wildman–Crippen LogP) is 2.65. The number of hydrogen-bond donors (Lipinski definition) is 2. The van der Waals surface area contributed by atoms with E-state index >= 15 is 0 Å². The van der Waals surface area contributed by atoms with Crippen molar-refractivity contribution in [3.63, 3.8) is 0 Å². The van der Waals surface area contributed by atoms with Crippen molar-refractivity contribution in [3.8, 4) is 0 Å². The van der Waals surface area contributed by atoms with Gasteiger partial charge in [-0.1, -0.05) is 13.8 Å². The van der Waals surface area contributed by atoms with Gasteiger partial charge in [-0.15, -0.1) is 0 Å². The number of carbonyl (C=O) groups is 3. The van der Waals surface area contributed by atoms with Crippen LogP contribution in [0.4, 0.5) is 5.69 Å². The van der Waals surface area contributed by atoms with E-state index in [0.29, 0.717) is 16.9 Å². The molecule has 0 fully saturated rings. The zero-order valence-corrected chi connectivity index (χ0v) is 13.0. The van der Waals surface area contributed by atoms with Gasteiger partial charge in [0.15, 0.2) is 12.4 Å². The third-order valence-electron chi connectivity index (χ3n) is 3.15. The average molecular weight is 314 g/mol. The van der Waals surface area contributed by atoms with E-state index < -0.39 is 5.97 Å². The number of anilines is 1. The van der Waals surface area contributed by atoms with E-state index in [1.165, 1.54) is 0 Å². The van der Waals surface area contributed by atoms with Gasteiger partial charge in [0.2, 0.25) is 5.91 Å². The zero-order chi connectivity index (χ0) is 16.8. The highest BCUT2D eigenvalue weighted by molar-refractivity contribution is 5.99. The third-order valence-corrected chi connectivity index (χ3v) is 3.15. The number of nitrogens with one attached hydrogen (secondary N) is 2. The molecule has 0 aliphatic rings. The van der Waals surface area contributed by atoms with E-state index in [-0.39, 0.29) is 24.2 Å². The number of rotatable bonds is 6. The topological polar surface area (TPSA) is 88.3 Å². The highest BCUT2D eigenvalue weighted by Crippen LogP contribution is 2.12.